The van der Waals surface area contributed by atoms with E-state index >= 15 is 0 Å². The summed E-state index contributed by atoms with van der Waals surface area (Å²) in [5, 5.41) is 4.31. The van der Waals surface area contributed by atoms with Gasteiger partial charge in [-0.15, -0.1) is 0 Å². The normalized spacial score (nSPS) is 10.6. The number of hydrogen-bond donors (Lipinski definition) is 2. The second-order valence-electron chi connectivity index (χ2n) is 6.75. The summed E-state index contributed by atoms with van der Waals surface area (Å²) in [6, 6.07) is 17.1. The second-order valence-corrected chi connectivity index (χ2v) is 6.75. The molecule has 2 heterocycles. The van der Waals surface area contributed by atoms with Gasteiger partial charge in [-0.25, -0.2) is 9.97 Å². The molecule has 8 nitrogen and oxygen atoms in total. The lowest BCUT2D eigenvalue weighted by molar-refractivity contribution is -0.119. The van der Waals surface area contributed by atoms with Crippen LogP contribution in [0.15, 0.2) is 67.0 Å². The van der Waals surface area contributed by atoms with Crippen molar-refractivity contribution in [2.45, 2.75) is 6.54 Å². The number of aromatic nitrogens is 3. The van der Waals surface area contributed by atoms with Crippen LogP contribution in [0, 0.1) is 0 Å². The van der Waals surface area contributed by atoms with Gasteiger partial charge in [-0.05, 0) is 42.0 Å². The SMILES string of the molecule is COc1cc(CNc2nc(-c3cccnc3)nc3ccccc23)ccc1OCC(N)=O. The van der Waals surface area contributed by atoms with E-state index in [4.69, 9.17) is 20.2 Å². The lowest BCUT2D eigenvalue weighted by atomic mass is 10.1. The molecule has 3 N–H and O–H groups in total. The molecule has 0 bridgehead atoms. The molecular weight excluding hydrogens is 394 g/mol. The largest absolute Gasteiger partial charge is 0.493 e. The van der Waals surface area contributed by atoms with Crippen LogP contribution in [0.4, 0.5) is 5.82 Å². The van der Waals surface area contributed by atoms with Crippen LogP contribution < -0.4 is 20.5 Å². The predicted molar refractivity (Wildman–Crippen MR) is 118 cm³/mol. The van der Waals surface area contributed by atoms with Gasteiger partial charge in [0.1, 0.15) is 5.82 Å². The van der Waals surface area contributed by atoms with Crippen LogP contribution in [0.3, 0.4) is 0 Å². The molecule has 0 aliphatic carbocycles. The van der Waals surface area contributed by atoms with E-state index in [0.29, 0.717) is 23.9 Å². The molecule has 0 aliphatic heterocycles. The number of fused-ring (bicyclic) bond motifs is 1. The van der Waals surface area contributed by atoms with E-state index in [1.165, 1.54) is 0 Å². The Morgan fingerprint density at radius 1 is 1.06 bits per heavy atom. The Balaban J connectivity index is 1.61. The molecule has 0 atom stereocenters. The van der Waals surface area contributed by atoms with E-state index in [0.717, 1.165) is 27.8 Å². The van der Waals surface area contributed by atoms with Crippen molar-refractivity contribution in [3.63, 3.8) is 0 Å². The number of nitrogens with zero attached hydrogens (tertiary/aromatic N) is 3. The first-order valence-electron chi connectivity index (χ1n) is 9.63. The number of ether oxygens (including phenoxy) is 2. The summed E-state index contributed by atoms with van der Waals surface area (Å²) in [4.78, 5) is 24.5. The summed E-state index contributed by atoms with van der Waals surface area (Å²) < 4.78 is 10.8. The number of amides is 1. The zero-order valence-corrected chi connectivity index (χ0v) is 16.9. The highest BCUT2D eigenvalue weighted by Gasteiger charge is 2.11. The van der Waals surface area contributed by atoms with Crippen LogP contribution in [0.5, 0.6) is 11.5 Å². The van der Waals surface area contributed by atoms with Gasteiger partial charge in [0.05, 0.1) is 12.6 Å². The number of nitrogens with one attached hydrogen (secondary N) is 1. The number of nitrogens with two attached hydrogens (primary N) is 1. The van der Waals surface area contributed by atoms with Crippen LogP contribution in [-0.4, -0.2) is 34.6 Å². The first-order valence-corrected chi connectivity index (χ1v) is 9.63. The molecule has 0 saturated carbocycles. The molecule has 0 aliphatic rings. The molecule has 0 saturated heterocycles. The molecule has 0 radical (unpaired) electrons. The zero-order chi connectivity index (χ0) is 21.6. The molecule has 4 aromatic rings. The van der Waals surface area contributed by atoms with Crippen molar-refractivity contribution in [1.82, 2.24) is 15.0 Å². The Morgan fingerprint density at radius 3 is 2.71 bits per heavy atom. The van der Waals surface area contributed by atoms with Gasteiger partial charge in [0.2, 0.25) is 0 Å². The van der Waals surface area contributed by atoms with Crippen LogP contribution >= 0.6 is 0 Å². The molecule has 156 valence electrons. The van der Waals surface area contributed by atoms with E-state index < -0.39 is 5.91 Å². The number of primary amides is 1. The van der Waals surface area contributed by atoms with Gasteiger partial charge in [0.15, 0.2) is 23.9 Å². The summed E-state index contributed by atoms with van der Waals surface area (Å²) in [5.41, 5.74) is 7.78. The van der Waals surface area contributed by atoms with Gasteiger partial charge in [-0.3, -0.25) is 9.78 Å². The summed E-state index contributed by atoms with van der Waals surface area (Å²) >= 11 is 0. The van der Waals surface area contributed by atoms with E-state index in [-0.39, 0.29) is 6.61 Å². The number of carbonyl (C=O) groups is 1. The maximum Gasteiger partial charge on any atom is 0.255 e. The first kappa shape index (κ1) is 20.1. The quantitative estimate of drug-likeness (QED) is 0.454. The fraction of sp³-hybridized carbons (Fsp3) is 0.130. The topological polar surface area (TPSA) is 112 Å². The molecular formula is C23H21N5O3. The van der Waals surface area contributed by atoms with Crippen LogP contribution in [0.25, 0.3) is 22.3 Å². The van der Waals surface area contributed by atoms with E-state index in [2.05, 4.69) is 15.3 Å². The second kappa shape index (κ2) is 9.08. The average molecular weight is 415 g/mol. The number of anilines is 1. The van der Waals surface area contributed by atoms with E-state index in [1.807, 2.05) is 48.5 Å². The van der Waals surface area contributed by atoms with Crippen molar-refractivity contribution in [3.8, 4) is 22.9 Å². The van der Waals surface area contributed by atoms with Gasteiger partial charge in [0.25, 0.3) is 5.91 Å². The van der Waals surface area contributed by atoms with Crippen molar-refractivity contribution in [3.05, 3.63) is 72.6 Å². The molecule has 0 fully saturated rings. The summed E-state index contributed by atoms with van der Waals surface area (Å²) in [6.07, 6.45) is 3.46. The van der Waals surface area contributed by atoms with Gasteiger partial charge in [0, 0.05) is 29.9 Å². The number of hydrogen-bond acceptors (Lipinski definition) is 7. The summed E-state index contributed by atoms with van der Waals surface area (Å²) in [6.45, 7) is 0.290. The fourth-order valence-corrected chi connectivity index (χ4v) is 3.11. The van der Waals surface area contributed by atoms with Crippen molar-refractivity contribution in [2.75, 3.05) is 19.0 Å². The lowest BCUT2D eigenvalue weighted by Gasteiger charge is -2.13. The summed E-state index contributed by atoms with van der Waals surface area (Å²) in [5.74, 6) is 1.74. The van der Waals surface area contributed by atoms with Crippen LogP contribution in [0.2, 0.25) is 0 Å². The number of benzene rings is 2. The number of methoxy groups -OCH3 is 1. The number of pyridine rings is 1. The monoisotopic (exact) mass is 415 g/mol. The van der Waals surface area contributed by atoms with Crippen molar-refractivity contribution >= 4 is 22.6 Å². The molecule has 1 amide bonds. The number of carbonyl (C=O) groups excluding carboxylic acids is 1. The standard InChI is InChI=1S/C23H21N5O3/c1-30-20-11-15(8-9-19(20)31-14-21(24)29)12-26-23-17-6-2-3-7-18(17)27-22(28-23)16-5-4-10-25-13-16/h2-11,13H,12,14H2,1H3,(H2,24,29)(H,26,27,28). The molecule has 4 rings (SSSR count). The maximum atomic E-state index is 11.0. The molecule has 2 aromatic carbocycles. The Hall–Kier alpha value is -4.20. The number of rotatable bonds is 8. The van der Waals surface area contributed by atoms with E-state index in [1.54, 1.807) is 25.6 Å². The average Bonchev–Trinajstić information content (AvgIpc) is 2.81. The molecule has 8 heteroatoms. The minimum absolute atomic E-state index is 0.210. The molecule has 0 unspecified atom stereocenters. The van der Waals surface area contributed by atoms with Gasteiger partial charge in [-0.2, -0.15) is 0 Å². The van der Waals surface area contributed by atoms with Gasteiger partial charge in [-0.1, -0.05) is 18.2 Å². The van der Waals surface area contributed by atoms with Crippen LogP contribution in [0.1, 0.15) is 5.56 Å². The third-order valence-corrected chi connectivity index (χ3v) is 4.58. The van der Waals surface area contributed by atoms with Gasteiger partial charge >= 0.3 is 0 Å². The molecule has 0 spiro atoms. The first-order chi connectivity index (χ1) is 15.1. The Morgan fingerprint density at radius 2 is 1.94 bits per heavy atom. The third kappa shape index (κ3) is 4.69. The third-order valence-electron chi connectivity index (χ3n) is 4.58. The van der Waals surface area contributed by atoms with Crippen molar-refractivity contribution < 1.29 is 14.3 Å². The highest BCUT2D eigenvalue weighted by Crippen LogP contribution is 2.29. The maximum absolute atomic E-state index is 11.0. The highest BCUT2D eigenvalue weighted by atomic mass is 16.5. The summed E-state index contributed by atoms with van der Waals surface area (Å²) in [7, 11) is 1.54. The highest BCUT2D eigenvalue weighted by molar-refractivity contribution is 5.90. The predicted octanol–water partition coefficient (Wildman–Crippen LogP) is 3.18. The van der Waals surface area contributed by atoms with Crippen molar-refractivity contribution in [1.29, 1.82) is 0 Å². The Bertz CT molecular complexity index is 1210. The lowest BCUT2D eigenvalue weighted by Crippen LogP contribution is -2.20. The number of para-hydroxylation sites is 1. The van der Waals surface area contributed by atoms with Crippen molar-refractivity contribution in [2.24, 2.45) is 5.73 Å². The Labute approximate surface area is 179 Å². The molecule has 31 heavy (non-hydrogen) atoms. The minimum atomic E-state index is -0.548. The van der Waals surface area contributed by atoms with Gasteiger partial charge < -0.3 is 20.5 Å². The Kier molecular flexibility index (Phi) is 5.89. The smallest absolute Gasteiger partial charge is 0.255 e. The van der Waals surface area contributed by atoms with E-state index in [9.17, 15) is 4.79 Å². The van der Waals surface area contributed by atoms with Crippen LogP contribution in [-0.2, 0) is 11.3 Å². The zero-order valence-electron chi connectivity index (χ0n) is 16.9. The minimum Gasteiger partial charge on any atom is -0.493 e. The molecule has 2 aromatic heterocycles. The fourth-order valence-electron chi connectivity index (χ4n) is 3.11.